The fraction of sp³-hybridized carbons (Fsp3) is 0.509. The van der Waals surface area contributed by atoms with Crippen molar-refractivity contribution in [1.82, 2.24) is 25.1 Å². The summed E-state index contributed by atoms with van der Waals surface area (Å²) in [6.45, 7) is 15.5. The molecule has 7 rings (SSSR count). The topological polar surface area (TPSA) is 269 Å². The lowest BCUT2D eigenvalue weighted by molar-refractivity contribution is -0.150. The number of halogens is 1. The number of piperidine rings is 1. The van der Waals surface area contributed by atoms with Crippen molar-refractivity contribution in [2.24, 2.45) is 34.2 Å². The van der Waals surface area contributed by atoms with Gasteiger partial charge in [-0.05, 0) is 111 Å². The van der Waals surface area contributed by atoms with Gasteiger partial charge in [-0.2, -0.15) is 0 Å². The van der Waals surface area contributed by atoms with E-state index in [1.807, 2.05) is 13.0 Å². The van der Waals surface area contributed by atoms with Gasteiger partial charge in [-0.15, -0.1) is 0 Å². The molecule has 20 heteroatoms. The Morgan fingerprint density at radius 3 is 2.36 bits per heavy atom. The number of nitrogens with zero attached hydrogens (tertiary/aromatic N) is 4. The predicted octanol–water partition coefficient (Wildman–Crippen LogP) is 6.65. The number of benzene rings is 2. The van der Waals surface area contributed by atoms with Gasteiger partial charge >= 0.3 is 12.1 Å². The molecule has 4 aromatic rings. The molecule has 3 aliphatic heterocycles. The Labute approximate surface area is 441 Å². The van der Waals surface area contributed by atoms with Crippen LogP contribution in [-0.4, -0.2) is 87.8 Å². The molecule has 1 fully saturated rings. The van der Waals surface area contributed by atoms with Gasteiger partial charge in [-0.3, -0.25) is 38.7 Å². The highest BCUT2D eigenvalue weighted by Gasteiger charge is 2.45. The van der Waals surface area contributed by atoms with Crippen LogP contribution < -0.4 is 33.0 Å². The average molecular weight is 1050 g/mol. The Morgan fingerprint density at radius 1 is 0.973 bits per heavy atom. The summed E-state index contributed by atoms with van der Waals surface area (Å²) in [6.07, 6.45) is 1.31. The van der Waals surface area contributed by atoms with Crippen LogP contribution in [0.25, 0.3) is 22.3 Å². The van der Waals surface area contributed by atoms with Crippen molar-refractivity contribution < 1.29 is 43.0 Å². The number of hydrogen-bond donors (Lipinski definition) is 5. The Balaban J connectivity index is 1.06. The highest BCUT2D eigenvalue weighted by molar-refractivity contribution is 6.32. The summed E-state index contributed by atoms with van der Waals surface area (Å²) in [4.78, 5) is 105. The van der Waals surface area contributed by atoms with E-state index in [9.17, 15) is 33.6 Å². The van der Waals surface area contributed by atoms with Crippen LogP contribution in [0.1, 0.15) is 126 Å². The van der Waals surface area contributed by atoms with Gasteiger partial charge in [0.15, 0.2) is 11.6 Å². The lowest BCUT2D eigenvalue weighted by Gasteiger charge is -2.31. The first kappa shape index (κ1) is 55.9. The Kier molecular flexibility index (Phi) is 18.0. The van der Waals surface area contributed by atoms with Crippen LogP contribution >= 0.6 is 11.6 Å². The molecule has 3 aliphatic rings. The third-order valence-electron chi connectivity index (χ3n) is 14.5. The number of anilines is 1. The summed E-state index contributed by atoms with van der Waals surface area (Å²) in [5.41, 5.74) is 15.2. The second-order valence-corrected chi connectivity index (χ2v) is 21.1. The number of aliphatic imine (C=N–C) groups is 1. The second kappa shape index (κ2) is 24.2. The highest BCUT2D eigenvalue weighted by atomic mass is 35.5. The number of carbonyl (C=O) groups is 6. The van der Waals surface area contributed by atoms with Gasteiger partial charge in [-0.1, -0.05) is 65.3 Å². The van der Waals surface area contributed by atoms with Gasteiger partial charge in [0, 0.05) is 59.1 Å². The monoisotopic (exact) mass is 1050 g/mol. The van der Waals surface area contributed by atoms with Crippen LogP contribution in [0, 0.1) is 24.7 Å². The number of likely N-dealkylation sites (tertiary alicyclic amines) is 1. The number of aromatic nitrogens is 2. The molecule has 0 aliphatic carbocycles. The first-order valence-electron chi connectivity index (χ1n) is 25.9. The van der Waals surface area contributed by atoms with Gasteiger partial charge in [0.05, 0.1) is 35.4 Å². The van der Waals surface area contributed by atoms with E-state index in [4.69, 9.17) is 42.3 Å². The van der Waals surface area contributed by atoms with Crippen molar-refractivity contribution in [3.8, 4) is 11.4 Å². The van der Waals surface area contributed by atoms with Crippen LogP contribution in [0.2, 0.25) is 5.02 Å². The molecule has 2 aromatic heterocycles. The number of amides is 3. The number of guanidine groups is 1. The van der Waals surface area contributed by atoms with Crippen LogP contribution in [0.15, 0.2) is 52.3 Å². The third-order valence-corrected chi connectivity index (χ3v) is 14.9. The van der Waals surface area contributed by atoms with E-state index in [2.05, 4.69) is 38.8 Å². The fourth-order valence-corrected chi connectivity index (χ4v) is 10.0. The Morgan fingerprint density at radius 2 is 1.69 bits per heavy atom. The predicted molar refractivity (Wildman–Crippen MR) is 284 cm³/mol. The van der Waals surface area contributed by atoms with Crippen molar-refractivity contribution in [3.05, 3.63) is 91.2 Å². The van der Waals surface area contributed by atoms with Gasteiger partial charge in [0.25, 0.3) is 5.56 Å². The third kappa shape index (κ3) is 13.3. The second-order valence-electron chi connectivity index (χ2n) is 20.7. The van der Waals surface area contributed by atoms with Gasteiger partial charge in [-0.25, -0.2) is 9.78 Å². The summed E-state index contributed by atoms with van der Waals surface area (Å²) in [7, 11) is 0. The number of cyclic esters (lactones) is 1. The molecular formula is C55H70ClN9O10. The maximum Gasteiger partial charge on any atom is 0.509 e. The average Bonchev–Trinajstić information content (AvgIpc) is 3.67. The summed E-state index contributed by atoms with van der Waals surface area (Å²) in [5.74, 6) is -2.34. The van der Waals surface area contributed by atoms with Crippen molar-refractivity contribution in [1.29, 1.82) is 0 Å². The van der Waals surface area contributed by atoms with Crippen LogP contribution in [-0.2, 0) is 70.1 Å². The number of Topliss-reactive ketones (excluding diaryl/α,β-unsaturated/α-hetero) is 1. The van der Waals surface area contributed by atoms with Crippen LogP contribution in [0.4, 0.5) is 10.5 Å². The molecule has 2 aromatic carbocycles. The quantitative estimate of drug-likeness (QED) is 0.0237. The molecule has 1 saturated heterocycles. The number of fused-ring (bicyclic) bond motifs is 5. The molecule has 0 radical (unpaired) electrons. The number of esters is 1. The number of ketones is 1. The largest absolute Gasteiger partial charge is 0.509 e. The Hall–Kier alpha value is -6.86. The van der Waals surface area contributed by atoms with E-state index < -0.39 is 47.5 Å². The number of ether oxygens (including phenoxy) is 3. The fourth-order valence-electron chi connectivity index (χ4n) is 9.85. The molecule has 0 unspecified atom stereocenters. The van der Waals surface area contributed by atoms with Crippen molar-refractivity contribution in [3.63, 3.8) is 0 Å². The molecule has 7 N–H and O–H groups in total. The molecule has 75 heavy (non-hydrogen) atoms. The standard InChI is InChI=1S/C55H70ClN9O10/c1-8-55(25-47(68)73-29-39-40(55)23-44-49-38(27-65(44)52(39)71)37(26-64-20-17-32(6)18-21-64)36-22-33(7)41(56)24-43(36)61-49)75-54(72)74-28-34-11-13-35(14-12-34)60-50(69)42(10-9-19-59-53(57)58)62-51(70)48(31(4)5)63-46(67)16-15-45(66)30(2)3/h11-14,22-24,30-32,42,48H,8-10,15-21,25-29H2,1-7H3,(H,60,69)(H,62,70)(H,63,67)(H4,57,58,59)/t42-,48-,55+/m0/s1. The summed E-state index contributed by atoms with van der Waals surface area (Å²) in [5, 5.41) is 9.85. The highest BCUT2D eigenvalue weighted by Crippen LogP contribution is 2.43. The molecule has 3 atom stereocenters. The van der Waals surface area contributed by atoms with Crippen molar-refractivity contribution in [2.45, 2.75) is 144 Å². The number of hydrogen-bond acceptors (Lipinski definition) is 13. The molecule has 0 saturated carbocycles. The van der Waals surface area contributed by atoms with E-state index in [-0.39, 0.29) is 93.1 Å². The van der Waals surface area contributed by atoms with Gasteiger partial charge < -0.3 is 46.2 Å². The smallest absolute Gasteiger partial charge is 0.460 e. The van der Waals surface area contributed by atoms with Crippen LogP contribution in [0.5, 0.6) is 0 Å². The molecule has 0 spiro atoms. The number of nitrogens with two attached hydrogens (primary N) is 2. The first-order valence-corrected chi connectivity index (χ1v) is 26.2. The first-order chi connectivity index (χ1) is 35.7. The molecule has 19 nitrogen and oxygen atoms in total. The number of nitrogens with one attached hydrogen (secondary N) is 3. The number of pyridine rings is 2. The van der Waals surface area contributed by atoms with E-state index >= 15 is 0 Å². The molecule has 3 amide bonds. The minimum atomic E-state index is -1.62. The minimum absolute atomic E-state index is 0.0430. The normalized spacial score (nSPS) is 17.2. The zero-order valence-electron chi connectivity index (χ0n) is 43.9. The number of aryl methyl sites for hydroxylation is 1. The maximum absolute atomic E-state index is 14.6. The summed E-state index contributed by atoms with van der Waals surface area (Å²) < 4.78 is 19.0. The van der Waals surface area contributed by atoms with Gasteiger partial charge in [0.1, 0.15) is 31.1 Å². The zero-order valence-corrected chi connectivity index (χ0v) is 44.7. The lowest BCUT2D eigenvalue weighted by Crippen LogP contribution is -2.54. The SMILES string of the molecule is CC[C@@]1(OC(=O)OCc2ccc(NC(=O)[C@H](CCCN=C(N)N)NC(=O)[C@@H](NC(=O)CCC(=O)C(C)C)C(C)C)cc2)CC(=O)OCc2c1cc1n(c2=O)Cc2c-1nc1cc(Cl)c(C)cc1c2CN1CCC(C)CC1. The lowest BCUT2D eigenvalue weighted by atomic mass is 9.85. The molecular weight excluding hydrogens is 982 g/mol. The van der Waals surface area contributed by atoms with E-state index in [1.165, 1.54) is 0 Å². The van der Waals surface area contributed by atoms with Crippen LogP contribution in [0.3, 0.4) is 0 Å². The van der Waals surface area contributed by atoms with Crippen molar-refractivity contribution in [2.75, 3.05) is 25.0 Å². The minimum Gasteiger partial charge on any atom is -0.460 e. The number of carbonyl (C=O) groups excluding carboxylic acids is 6. The van der Waals surface area contributed by atoms with E-state index in [0.29, 0.717) is 57.6 Å². The van der Waals surface area contributed by atoms with E-state index in [1.54, 1.807) is 69.5 Å². The van der Waals surface area contributed by atoms with Crippen molar-refractivity contribution >= 4 is 69.8 Å². The van der Waals surface area contributed by atoms with Gasteiger partial charge in [0.2, 0.25) is 17.7 Å². The zero-order chi connectivity index (χ0) is 54.3. The maximum atomic E-state index is 14.6. The summed E-state index contributed by atoms with van der Waals surface area (Å²) in [6, 6.07) is 10.1. The molecule has 5 heterocycles. The molecule has 402 valence electrons. The molecule has 0 bridgehead atoms. The number of rotatable bonds is 20. The Bertz CT molecular complexity index is 2930. The van der Waals surface area contributed by atoms with E-state index in [0.717, 1.165) is 48.0 Å². The summed E-state index contributed by atoms with van der Waals surface area (Å²) >= 11 is 6.68.